The number of nitrogens with zero attached hydrogens (tertiary/aromatic N) is 1. The molecule has 1 aliphatic heterocycles. The number of benzene rings is 1. The third kappa shape index (κ3) is 4.40. The van der Waals surface area contributed by atoms with Crippen LogP contribution in [0, 0.1) is 0 Å². The highest BCUT2D eigenvalue weighted by molar-refractivity contribution is 5.85. The van der Waals surface area contributed by atoms with Crippen LogP contribution in [-0.2, 0) is 20.7 Å². The molecule has 1 amide bonds. The van der Waals surface area contributed by atoms with Crippen LogP contribution in [0.2, 0.25) is 0 Å². The maximum absolute atomic E-state index is 12.0. The third-order valence-corrected chi connectivity index (χ3v) is 4.37. The van der Waals surface area contributed by atoms with Crippen molar-refractivity contribution in [1.29, 1.82) is 0 Å². The Kier molecular flexibility index (Phi) is 6.35. The van der Waals surface area contributed by atoms with E-state index >= 15 is 0 Å². The van der Waals surface area contributed by atoms with Crippen LogP contribution in [0.15, 0.2) is 43.0 Å². The van der Waals surface area contributed by atoms with Gasteiger partial charge in [-0.2, -0.15) is 0 Å². The van der Waals surface area contributed by atoms with Gasteiger partial charge in [0.05, 0.1) is 6.54 Å². The zero-order chi connectivity index (χ0) is 19.2. The average molecular weight is 362 g/mol. The Bertz CT molecular complexity index is 678. The molecule has 8 heteroatoms. The summed E-state index contributed by atoms with van der Waals surface area (Å²) in [5.41, 5.74) is -0.859. The maximum atomic E-state index is 12.0. The summed E-state index contributed by atoms with van der Waals surface area (Å²) in [5.74, 6) is -1.72. The molecule has 0 bridgehead atoms. The number of amides is 1. The second kappa shape index (κ2) is 8.48. The van der Waals surface area contributed by atoms with E-state index < -0.39 is 29.6 Å². The number of likely N-dealkylation sites (tertiary alicyclic amines) is 1. The summed E-state index contributed by atoms with van der Waals surface area (Å²) in [5, 5.41) is 22.2. The van der Waals surface area contributed by atoms with E-state index in [1.165, 1.54) is 6.08 Å². The minimum Gasteiger partial charge on any atom is -0.479 e. The molecule has 0 spiro atoms. The fourth-order valence-electron chi connectivity index (χ4n) is 3.19. The van der Waals surface area contributed by atoms with Crippen molar-refractivity contribution in [3.63, 3.8) is 0 Å². The van der Waals surface area contributed by atoms with Gasteiger partial charge >= 0.3 is 18.0 Å². The van der Waals surface area contributed by atoms with Gasteiger partial charge in [0.1, 0.15) is 12.1 Å². The SMILES string of the molecule is C=CCOC(=O)CN[C@H]1CN(C(=O)O)[C@](Cc2ccccc2)(C(=O)O)C1. The van der Waals surface area contributed by atoms with Crippen LogP contribution in [0.3, 0.4) is 0 Å². The fraction of sp³-hybridized carbons (Fsp3) is 0.389. The van der Waals surface area contributed by atoms with E-state index in [-0.39, 0.29) is 32.5 Å². The lowest BCUT2D eigenvalue weighted by molar-refractivity contribution is -0.148. The molecule has 1 aromatic rings. The van der Waals surface area contributed by atoms with Crippen LogP contribution in [-0.4, -0.2) is 64.4 Å². The first-order chi connectivity index (χ1) is 12.4. The molecule has 3 N–H and O–H groups in total. The number of carbonyl (C=O) groups is 3. The number of aliphatic carboxylic acids is 1. The van der Waals surface area contributed by atoms with E-state index in [2.05, 4.69) is 11.9 Å². The summed E-state index contributed by atoms with van der Waals surface area (Å²) in [6, 6.07) is 8.41. The van der Waals surface area contributed by atoms with Gasteiger partial charge in [0, 0.05) is 19.0 Å². The van der Waals surface area contributed by atoms with Gasteiger partial charge in [0.2, 0.25) is 0 Å². The van der Waals surface area contributed by atoms with Gasteiger partial charge in [0.25, 0.3) is 0 Å². The first-order valence-electron chi connectivity index (χ1n) is 8.17. The van der Waals surface area contributed by atoms with E-state index in [1.807, 2.05) is 0 Å². The Morgan fingerprint density at radius 2 is 2.00 bits per heavy atom. The third-order valence-electron chi connectivity index (χ3n) is 4.37. The molecule has 26 heavy (non-hydrogen) atoms. The molecule has 1 heterocycles. The molecular weight excluding hydrogens is 340 g/mol. The molecule has 8 nitrogen and oxygen atoms in total. The highest BCUT2D eigenvalue weighted by atomic mass is 16.5. The van der Waals surface area contributed by atoms with Crippen molar-refractivity contribution >= 4 is 18.0 Å². The number of nitrogens with one attached hydrogen (secondary N) is 1. The highest BCUT2D eigenvalue weighted by Crippen LogP contribution is 2.33. The minimum absolute atomic E-state index is 0.0246. The van der Waals surface area contributed by atoms with Crippen molar-refractivity contribution in [2.24, 2.45) is 0 Å². The summed E-state index contributed by atoms with van der Waals surface area (Å²) >= 11 is 0. The minimum atomic E-state index is -1.59. The van der Waals surface area contributed by atoms with E-state index in [1.54, 1.807) is 30.3 Å². The molecule has 0 aliphatic carbocycles. The first kappa shape index (κ1) is 19.5. The Morgan fingerprint density at radius 3 is 2.58 bits per heavy atom. The van der Waals surface area contributed by atoms with Crippen LogP contribution in [0.25, 0.3) is 0 Å². The van der Waals surface area contributed by atoms with E-state index in [9.17, 15) is 24.6 Å². The smallest absolute Gasteiger partial charge is 0.408 e. The molecule has 1 saturated heterocycles. The Labute approximate surface area is 151 Å². The standard InChI is InChI=1S/C18H22N2O6/c1-2-8-26-15(21)11-19-14-10-18(16(22)23,20(12-14)17(24)25)9-13-6-4-3-5-7-13/h2-7,14,19H,1,8-12H2,(H,22,23)(H,24,25)/t14-,18+/m1/s1. The van der Waals surface area contributed by atoms with Gasteiger partial charge in [-0.25, -0.2) is 9.59 Å². The molecule has 0 aromatic heterocycles. The van der Waals surface area contributed by atoms with Gasteiger partial charge in [0.15, 0.2) is 0 Å². The van der Waals surface area contributed by atoms with Crippen LogP contribution in [0.1, 0.15) is 12.0 Å². The number of carboxylic acids is 1. The lowest BCUT2D eigenvalue weighted by atomic mass is 9.87. The van der Waals surface area contributed by atoms with Gasteiger partial charge in [-0.3, -0.25) is 9.69 Å². The lowest BCUT2D eigenvalue weighted by Crippen LogP contribution is -2.54. The highest BCUT2D eigenvalue weighted by Gasteiger charge is 2.53. The van der Waals surface area contributed by atoms with Crippen molar-refractivity contribution in [2.45, 2.75) is 24.4 Å². The molecule has 1 aromatic carbocycles. The van der Waals surface area contributed by atoms with Gasteiger partial charge < -0.3 is 20.3 Å². The van der Waals surface area contributed by atoms with E-state index in [4.69, 9.17) is 4.74 Å². The molecule has 0 unspecified atom stereocenters. The summed E-state index contributed by atoms with van der Waals surface area (Å²) in [7, 11) is 0. The summed E-state index contributed by atoms with van der Waals surface area (Å²) in [6.07, 6.45) is 0.240. The van der Waals surface area contributed by atoms with Crippen molar-refractivity contribution in [3.05, 3.63) is 48.6 Å². The molecule has 0 saturated carbocycles. The number of hydrogen-bond donors (Lipinski definition) is 3. The molecule has 2 atom stereocenters. The van der Waals surface area contributed by atoms with Crippen LogP contribution >= 0.6 is 0 Å². The normalized spacial score (nSPS) is 22.0. The predicted octanol–water partition coefficient (Wildman–Crippen LogP) is 1.12. The summed E-state index contributed by atoms with van der Waals surface area (Å²) in [6.45, 7) is 3.37. The number of carbonyl (C=O) groups excluding carboxylic acids is 1. The quantitative estimate of drug-likeness (QED) is 0.469. The van der Waals surface area contributed by atoms with Gasteiger partial charge in [-0.1, -0.05) is 43.0 Å². The van der Waals surface area contributed by atoms with Crippen LogP contribution in [0.4, 0.5) is 4.79 Å². The first-order valence-corrected chi connectivity index (χ1v) is 8.17. The Balaban J connectivity index is 2.15. The largest absolute Gasteiger partial charge is 0.479 e. The predicted molar refractivity (Wildman–Crippen MR) is 92.8 cm³/mol. The zero-order valence-corrected chi connectivity index (χ0v) is 14.3. The second-order valence-electron chi connectivity index (χ2n) is 6.15. The van der Waals surface area contributed by atoms with Crippen molar-refractivity contribution < 1.29 is 29.3 Å². The van der Waals surface area contributed by atoms with Gasteiger partial charge in [-0.15, -0.1) is 0 Å². The van der Waals surface area contributed by atoms with E-state index in [0.29, 0.717) is 0 Å². The summed E-state index contributed by atoms with van der Waals surface area (Å²) in [4.78, 5) is 36.2. The molecule has 140 valence electrons. The Morgan fingerprint density at radius 1 is 1.31 bits per heavy atom. The fourth-order valence-corrected chi connectivity index (χ4v) is 3.19. The lowest BCUT2D eigenvalue weighted by Gasteiger charge is -2.32. The molecule has 0 radical (unpaired) electrons. The number of hydrogen-bond acceptors (Lipinski definition) is 5. The number of ether oxygens (including phenoxy) is 1. The molecule has 2 rings (SSSR count). The van der Waals surface area contributed by atoms with Crippen molar-refractivity contribution in [2.75, 3.05) is 19.7 Å². The maximum Gasteiger partial charge on any atom is 0.408 e. The second-order valence-corrected chi connectivity index (χ2v) is 6.15. The van der Waals surface area contributed by atoms with E-state index in [0.717, 1.165) is 10.5 Å². The molecule has 1 fully saturated rings. The topological polar surface area (TPSA) is 116 Å². The zero-order valence-electron chi connectivity index (χ0n) is 14.3. The summed E-state index contributed by atoms with van der Waals surface area (Å²) < 4.78 is 4.85. The molecular formula is C18H22N2O6. The van der Waals surface area contributed by atoms with Crippen molar-refractivity contribution in [1.82, 2.24) is 10.2 Å². The van der Waals surface area contributed by atoms with Crippen LogP contribution < -0.4 is 5.32 Å². The Hall–Kier alpha value is -2.87. The van der Waals surface area contributed by atoms with Gasteiger partial charge in [-0.05, 0) is 12.0 Å². The van der Waals surface area contributed by atoms with Crippen molar-refractivity contribution in [3.8, 4) is 0 Å². The average Bonchev–Trinajstić information content (AvgIpc) is 2.99. The monoisotopic (exact) mass is 362 g/mol. The number of esters is 1. The number of carboxylic acid groups (broad SMARTS) is 2. The van der Waals surface area contributed by atoms with Crippen LogP contribution in [0.5, 0.6) is 0 Å². The number of rotatable bonds is 8. The molecule has 1 aliphatic rings.